The van der Waals surface area contributed by atoms with Gasteiger partial charge < -0.3 is 10.8 Å². The molecule has 4 N–H and O–H groups in total. The molecule has 2 aromatic rings. The van der Waals surface area contributed by atoms with E-state index in [1.807, 2.05) is 0 Å². The molecule has 0 atom stereocenters. The summed E-state index contributed by atoms with van der Waals surface area (Å²) in [5, 5.41) is 8.91. The SMILES string of the molecule is Nc1c(F)cccc1S(=O)(=O)Nc1ccc(CO)cc1. The molecule has 0 spiro atoms. The van der Waals surface area contributed by atoms with Gasteiger partial charge in [-0.1, -0.05) is 18.2 Å². The standard InChI is InChI=1S/C13H13FN2O3S/c14-11-2-1-3-12(13(11)15)20(18,19)16-10-6-4-9(8-17)5-7-10/h1-7,16-17H,8,15H2. The zero-order valence-corrected chi connectivity index (χ0v) is 11.2. The van der Waals surface area contributed by atoms with Crippen LogP contribution in [0.1, 0.15) is 5.56 Å². The molecule has 2 aromatic carbocycles. The fourth-order valence-corrected chi connectivity index (χ4v) is 2.84. The summed E-state index contributed by atoms with van der Waals surface area (Å²) in [6.07, 6.45) is 0. The van der Waals surface area contributed by atoms with Crippen molar-refractivity contribution < 1.29 is 17.9 Å². The van der Waals surface area contributed by atoms with Crippen LogP contribution >= 0.6 is 0 Å². The average molecular weight is 296 g/mol. The van der Waals surface area contributed by atoms with Gasteiger partial charge in [0.15, 0.2) is 0 Å². The number of aliphatic hydroxyl groups is 1. The van der Waals surface area contributed by atoms with Crippen LogP contribution in [0.2, 0.25) is 0 Å². The molecule has 2 rings (SSSR count). The first kappa shape index (κ1) is 14.3. The highest BCUT2D eigenvalue weighted by molar-refractivity contribution is 7.92. The van der Waals surface area contributed by atoms with Crippen molar-refractivity contribution in [2.75, 3.05) is 10.5 Å². The fourth-order valence-electron chi connectivity index (χ4n) is 1.64. The van der Waals surface area contributed by atoms with E-state index in [-0.39, 0.29) is 11.5 Å². The number of para-hydroxylation sites is 1. The predicted molar refractivity (Wildman–Crippen MR) is 74.0 cm³/mol. The van der Waals surface area contributed by atoms with E-state index in [9.17, 15) is 12.8 Å². The van der Waals surface area contributed by atoms with E-state index in [4.69, 9.17) is 10.8 Å². The molecule has 0 bridgehead atoms. The summed E-state index contributed by atoms with van der Waals surface area (Å²) in [4.78, 5) is -0.316. The van der Waals surface area contributed by atoms with Crippen LogP contribution in [0.3, 0.4) is 0 Å². The van der Waals surface area contributed by atoms with E-state index in [0.717, 1.165) is 6.07 Å². The Kier molecular flexibility index (Phi) is 3.91. The smallest absolute Gasteiger partial charge is 0.264 e. The minimum absolute atomic E-state index is 0.135. The lowest BCUT2D eigenvalue weighted by atomic mass is 10.2. The Balaban J connectivity index is 2.33. The molecule has 0 radical (unpaired) electrons. The molecule has 0 saturated carbocycles. The summed E-state index contributed by atoms with van der Waals surface area (Å²) in [7, 11) is -3.96. The molecule has 0 unspecified atom stereocenters. The van der Waals surface area contributed by atoms with Crippen LogP contribution in [0.5, 0.6) is 0 Å². The maximum Gasteiger partial charge on any atom is 0.264 e. The molecule has 0 aromatic heterocycles. The topological polar surface area (TPSA) is 92.4 Å². The van der Waals surface area contributed by atoms with Crippen LogP contribution < -0.4 is 10.5 Å². The third kappa shape index (κ3) is 2.89. The van der Waals surface area contributed by atoms with Gasteiger partial charge in [-0.2, -0.15) is 0 Å². The Morgan fingerprint density at radius 3 is 2.40 bits per heavy atom. The van der Waals surface area contributed by atoms with Crippen LogP contribution in [-0.2, 0) is 16.6 Å². The molecule has 0 amide bonds. The van der Waals surface area contributed by atoms with Crippen LogP contribution in [0.4, 0.5) is 15.8 Å². The van der Waals surface area contributed by atoms with E-state index >= 15 is 0 Å². The summed E-state index contributed by atoms with van der Waals surface area (Å²) in [5.74, 6) is -0.788. The lowest BCUT2D eigenvalue weighted by molar-refractivity contribution is 0.282. The van der Waals surface area contributed by atoms with E-state index < -0.39 is 21.5 Å². The number of nitrogens with two attached hydrogens (primary N) is 1. The number of hydrogen-bond acceptors (Lipinski definition) is 4. The van der Waals surface area contributed by atoms with Gasteiger partial charge in [0.1, 0.15) is 10.7 Å². The highest BCUT2D eigenvalue weighted by atomic mass is 32.2. The van der Waals surface area contributed by atoms with Crippen molar-refractivity contribution in [3.05, 3.63) is 53.8 Å². The Labute approximate surface area is 115 Å². The first-order valence-electron chi connectivity index (χ1n) is 5.70. The molecule has 0 aliphatic carbocycles. The van der Waals surface area contributed by atoms with E-state index in [1.54, 1.807) is 12.1 Å². The van der Waals surface area contributed by atoms with Gasteiger partial charge in [-0.25, -0.2) is 12.8 Å². The van der Waals surface area contributed by atoms with Gasteiger partial charge in [-0.15, -0.1) is 0 Å². The highest BCUT2D eigenvalue weighted by Gasteiger charge is 2.19. The molecule has 5 nitrogen and oxygen atoms in total. The number of anilines is 2. The van der Waals surface area contributed by atoms with Gasteiger partial charge in [0, 0.05) is 5.69 Å². The first-order valence-corrected chi connectivity index (χ1v) is 7.19. The number of nitrogen functional groups attached to an aromatic ring is 1. The Hall–Kier alpha value is -2.12. The highest BCUT2D eigenvalue weighted by Crippen LogP contribution is 2.23. The minimum Gasteiger partial charge on any atom is -0.395 e. The molecule has 106 valence electrons. The quantitative estimate of drug-likeness (QED) is 0.749. The summed E-state index contributed by atoms with van der Waals surface area (Å²) in [5.41, 5.74) is 5.96. The van der Waals surface area contributed by atoms with Gasteiger partial charge in [0.05, 0.1) is 12.3 Å². The van der Waals surface area contributed by atoms with E-state index in [0.29, 0.717) is 11.3 Å². The van der Waals surface area contributed by atoms with Crippen molar-refractivity contribution in [2.24, 2.45) is 0 Å². The van der Waals surface area contributed by atoms with Gasteiger partial charge in [-0.3, -0.25) is 4.72 Å². The molecule has 0 aliphatic rings. The fraction of sp³-hybridized carbons (Fsp3) is 0.0769. The Morgan fingerprint density at radius 1 is 1.15 bits per heavy atom. The van der Waals surface area contributed by atoms with Crippen LogP contribution in [-0.4, -0.2) is 13.5 Å². The van der Waals surface area contributed by atoms with Gasteiger partial charge in [0.2, 0.25) is 0 Å². The Morgan fingerprint density at radius 2 is 1.80 bits per heavy atom. The van der Waals surface area contributed by atoms with Gasteiger partial charge >= 0.3 is 0 Å². The summed E-state index contributed by atoms with van der Waals surface area (Å²) < 4.78 is 39.8. The van der Waals surface area contributed by atoms with Crippen LogP contribution in [0.25, 0.3) is 0 Å². The second-order valence-electron chi connectivity index (χ2n) is 4.11. The van der Waals surface area contributed by atoms with Gasteiger partial charge in [-0.05, 0) is 29.8 Å². The van der Waals surface area contributed by atoms with Crippen LogP contribution in [0, 0.1) is 5.82 Å². The number of benzene rings is 2. The summed E-state index contributed by atoms with van der Waals surface area (Å²) in [6.45, 7) is -0.135. The third-order valence-electron chi connectivity index (χ3n) is 2.69. The van der Waals surface area contributed by atoms with Crippen molar-refractivity contribution in [2.45, 2.75) is 11.5 Å². The monoisotopic (exact) mass is 296 g/mol. The number of hydrogen-bond donors (Lipinski definition) is 3. The predicted octanol–water partition coefficient (Wildman–Crippen LogP) is 1.70. The molecular formula is C13H13FN2O3S. The second kappa shape index (κ2) is 5.48. The third-order valence-corrected chi connectivity index (χ3v) is 4.13. The van der Waals surface area contributed by atoms with Crippen molar-refractivity contribution in [1.29, 1.82) is 0 Å². The molecule has 20 heavy (non-hydrogen) atoms. The van der Waals surface area contributed by atoms with Crippen molar-refractivity contribution in [1.82, 2.24) is 0 Å². The molecule has 0 fully saturated rings. The van der Waals surface area contributed by atoms with E-state index in [1.165, 1.54) is 24.3 Å². The zero-order valence-electron chi connectivity index (χ0n) is 10.4. The Bertz CT molecular complexity index is 715. The zero-order chi connectivity index (χ0) is 14.8. The van der Waals surface area contributed by atoms with Crippen molar-refractivity contribution in [3.63, 3.8) is 0 Å². The maximum atomic E-state index is 13.3. The largest absolute Gasteiger partial charge is 0.395 e. The normalized spacial score (nSPS) is 11.3. The molecule has 0 heterocycles. The number of nitrogens with one attached hydrogen (secondary N) is 1. The lowest BCUT2D eigenvalue weighted by Crippen LogP contribution is -2.15. The number of sulfonamides is 1. The second-order valence-corrected chi connectivity index (χ2v) is 5.76. The van der Waals surface area contributed by atoms with Crippen molar-refractivity contribution in [3.8, 4) is 0 Å². The average Bonchev–Trinajstić information content (AvgIpc) is 2.42. The molecule has 0 aliphatic heterocycles. The maximum absolute atomic E-state index is 13.3. The summed E-state index contributed by atoms with van der Waals surface area (Å²) in [6, 6.07) is 9.74. The number of rotatable bonds is 4. The van der Waals surface area contributed by atoms with E-state index in [2.05, 4.69) is 4.72 Å². The number of aliphatic hydroxyl groups excluding tert-OH is 1. The first-order chi connectivity index (χ1) is 9.44. The number of halogens is 1. The minimum atomic E-state index is -3.96. The van der Waals surface area contributed by atoms with Crippen molar-refractivity contribution >= 4 is 21.4 Å². The molecular weight excluding hydrogens is 283 g/mol. The molecule has 0 saturated heterocycles. The van der Waals surface area contributed by atoms with Crippen LogP contribution in [0.15, 0.2) is 47.4 Å². The molecule has 7 heteroatoms. The lowest BCUT2D eigenvalue weighted by Gasteiger charge is -2.10. The summed E-state index contributed by atoms with van der Waals surface area (Å²) >= 11 is 0. The van der Waals surface area contributed by atoms with Gasteiger partial charge in [0.25, 0.3) is 10.0 Å².